The van der Waals surface area contributed by atoms with Crippen molar-refractivity contribution in [1.29, 1.82) is 0 Å². The minimum Gasteiger partial charge on any atom is -0.308 e. The van der Waals surface area contributed by atoms with Crippen LogP contribution < -0.4 is 5.32 Å². The Labute approximate surface area is 129 Å². The Hall–Kier alpha value is -1.16. The maximum Gasteiger partial charge on any atom is 0.115 e. The van der Waals surface area contributed by atoms with Crippen LogP contribution in [-0.4, -0.2) is 16.5 Å². The van der Waals surface area contributed by atoms with Crippen molar-refractivity contribution in [2.75, 3.05) is 6.54 Å². The first-order chi connectivity index (χ1) is 9.70. The number of hydrogen-bond donors (Lipinski definition) is 1. The minimum absolute atomic E-state index is 0.105. The zero-order chi connectivity index (χ0) is 14.4. The van der Waals surface area contributed by atoms with Crippen molar-refractivity contribution in [2.24, 2.45) is 0 Å². The standard InChI is InChI=1S/C15H17Cl2N3/c1-2-6-19-15(14-5-7-18-10-20-14)9-11-8-12(16)3-4-13(11)17/h3-5,7-8,10,15,19H,2,6,9H2,1H3. The van der Waals surface area contributed by atoms with E-state index in [2.05, 4.69) is 22.2 Å². The Morgan fingerprint density at radius 2 is 2.10 bits per heavy atom. The molecule has 0 aliphatic heterocycles. The van der Waals surface area contributed by atoms with Gasteiger partial charge in [0.2, 0.25) is 0 Å². The van der Waals surface area contributed by atoms with Crippen molar-refractivity contribution >= 4 is 23.2 Å². The van der Waals surface area contributed by atoms with Gasteiger partial charge < -0.3 is 5.32 Å². The number of nitrogens with zero attached hydrogens (tertiary/aromatic N) is 2. The third-order valence-electron chi connectivity index (χ3n) is 3.03. The molecule has 1 aromatic carbocycles. The van der Waals surface area contributed by atoms with Crippen LogP contribution in [0.4, 0.5) is 0 Å². The Morgan fingerprint density at radius 3 is 2.80 bits per heavy atom. The predicted octanol–water partition coefficient (Wildman–Crippen LogP) is 4.07. The van der Waals surface area contributed by atoms with Gasteiger partial charge in [0.15, 0.2) is 0 Å². The summed E-state index contributed by atoms with van der Waals surface area (Å²) in [6, 6.07) is 7.56. The summed E-state index contributed by atoms with van der Waals surface area (Å²) in [5.41, 5.74) is 1.98. The van der Waals surface area contributed by atoms with Crippen molar-refractivity contribution < 1.29 is 0 Å². The van der Waals surface area contributed by atoms with Gasteiger partial charge in [0, 0.05) is 16.2 Å². The second kappa shape index (κ2) is 7.58. The number of rotatable bonds is 6. The molecule has 0 aliphatic carbocycles. The molecule has 2 rings (SSSR count). The van der Waals surface area contributed by atoms with Gasteiger partial charge in [-0.2, -0.15) is 0 Å². The van der Waals surface area contributed by atoms with Gasteiger partial charge in [-0.05, 0) is 49.2 Å². The van der Waals surface area contributed by atoms with Crippen LogP contribution in [0.1, 0.15) is 30.6 Å². The largest absolute Gasteiger partial charge is 0.308 e. The van der Waals surface area contributed by atoms with Crippen molar-refractivity contribution in [2.45, 2.75) is 25.8 Å². The second-order valence-corrected chi connectivity index (χ2v) is 5.42. The van der Waals surface area contributed by atoms with Gasteiger partial charge in [0.25, 0.3) is 0 Å². The summed E-state index contributed by atoms with van der Waals surface area (Å²) in [6.45, 7) is 3.06. The number of benzene rings is 1. The number of hydrogen-bond acceptors (Lipinski definition) is 3. The summed E-state index contributed by atoms with van der Waals surface area (Å²) in [6.07, 6.45) is 5.12. The lowest BCUT2D eigenvalue weighted by molar-refractivity contribution is 0.517. The molecular weight excluding hydrogens is 293 g/mol. The third kappa shape index (κ3) is 4.17. The van der Waals surface area contributed by atoms with E-state index in [-0.39, 0.29) is 6.04 Å². The van der Waals surface area contributed by atoms with Crippen LogP contribution in [0.25, 0.3) is 0 Å². The molecule has 1 heterocycles. The zero-order valence-electron chi connectivity index (χ0n) is 11.3. The number of aromatic nitrogens is 2. The lowest BCUT2D eigenvalue weighted by atomic mass is 10.0. The average molecular weight is 310 g/mol. The van der Waals surface area contributed by atoms with Gasteiger partial charge in [0.1, 0.15) is 6.33 Å². The molecule has 3 nitrogen and oxygen atoms in total. The van der Waals surface area contributed by atoms with Gasteiger partial charge in [-0.1, -0.05) is 30.1 Å². The first-order valence-electron chi connectivity index (χ1n) is 6.64. The summed E-state index contributed by atoms with van der Waals surface area (Å²) in [4.78, 5) is 8.29. The van der Waals surface area contributed by atoms with Crippen molar-refractivity contribution in [3.8, 4) is 0 Å². The van der Waals surface area contributed by atoms with Crippen LogP contribution in [-0.2, 0) is 6.42 Å². The molecule has 1 N–H and O–H groups in total. The van der Waals surface area contributed by atoms with E-state index >= 15 is 0 Å². The first kappa shape index (κ1) is 15.2. The predicted molar refractivity (Wildman–Crippen MR) is 83.2 cm³/mol. The fourth-order valence-electron chi connectivity index (χ4n) is 2.03. The fourth-order valence-corrected chi connectivity index (χ4v) is 2.42. The summed E-state index contributed by atoms with van der Waals surface area (Å²) in [5, 5.41) is 4.91. The molecule has 0 aliphatic rings. The van der Waals surface area contributed by atoms with Crippen LogP contribution in [0, 0.1) is 0 Å². The van der Waals surface area contributed by atoms with Gasteiger partial charge >= 0.3 is 0 Å². The normalized spacial score (nSPS) is 12.3. The molecule has 0 amide bonds. The molecule has 1 aromatic heterocycles. The Bertz CT molecular complexity index is 546. The van der Waals surface area contributed by atoms with Crippen LogP contribution in [0.3, 0.4) is 0 Å². The highest BCUT2D eigenvalue weighted by Crippen LogP contribution is 2.25. The van der Waals surface area contributed by atoms with Gasteiger partial charge in [-0.3, -0.25) is 0 Å². The molecule has 0 saturated carbocycles. The van der Waals surface area contributed by atoms with Gasteiger partial charge in [-0.15, -0.1) is 0 Å². The van der Waals surface area contributed by atoms with Gasteiger partial charge in [0.05, 0.1) is 11.7 Å². The maximum atomic E-state index is 6.24. The molecule has 1 unspecified atom stereocenters. The van der Waals surface area contributed by atoms with E-state index in [1.807, 2.05) is 18.2 Å². The van der Waals surface area contributed by atoms with E-state index in [4.69, 9.17) is 23.2 Å². The van der Waals surface area contributed by atoms with E-state index in [1.165, 1.54) is 0 Å². The summed E-state index contributed by atoms with van der Waals surface area (Å²) in [5.74, 6) is 0. The highest BCUT2D eigenvalue weighted by atomic mass is 35.5. The highest BCUT2D eigenvalue weighted by Gasteiger charge is 2.14. The molecule has 2 aromatic rings. The molecule has 0 spiro atoms. The molecule has 106 valence electrons. The molecule has 1 atom stereocenters. The molecular formula is C15H17Cl2N3. The molecule has 5 heteroatoms. The Kier molecular flexibility index (Phi) is 5.77. The Morgan fingerprint density at radius 1 is 1.25 bits per heavy atom. The second-order valence-electron chi connectivity index (χ2n) is 4.58. The van der Waals surface area contributed by atoms with Gasteiger partial charge in [-0.25, -0.2) is 9.97 Å². The van der Waals surface area contributed by atoms with Crippen LogP contribution in [0.2, 0.25) is 10.0 Å². The number of halogens is 2. The Balaban J connectivity index is 2.21. The fraction of sp³-hybridized carbons (Fsp3) is 0.333. The smallest absolute Gasteiger partial charge is 0.115 e. The third-order valence-corrected chi connectivity index (χ3v) is 3.64. The lowest BCUT2D eigenvalue weighted by Crippen LogP contribution is -2.25. The molecule has 0 fully saturated rings. The SMILES string of the molecule is CCCNC(Cc1cc(Cl)ccc1Cl)c1ccncn1. The monoisotopic (exact) mass is 309 g/mol. The number of nitrogens with one attached hydrogen (secondary N) is 1. The lowest BCUT2D eigenvalue weighted by Gasteiger charge is -2.18. The van der Waals surface area contributed by atoms with Crippen molar-refractivity contribution in [1.82, 2.24) is 15.3 Å². The quantitative estimate of drug-likeness (QED) is 0.874. The zero-order valence-corrected chi connectivity index (χ0v) is 12.8. The summed E-state index contributed by atoms with van der Waals surface area (Å²) >= 11 is 12.3. The molecule has 20 heavy (non-hydrogen) atoms. The molecule has 0 saturated heterocycles. The maximum absolute atomic E-state index is 6.24. The first-order valence-corrected chi connectivity index (χ1v) is 7.39. The van der Waals surface area contributed by atoms with E-state index in [9.17, 15) is 0 Å². The molecule has 0 bridgehead atoms. The topological polar surface area (TPSA) is 37.8 Å². The van der Waals surface area contributed by atoms with Crippen LogP contribution in [0.5, 0.6) is 0 Å². The summed E-state index contributed by atoms with van der Waals surface area (Å²) < 4.78 is 0. The average Bonchev–Trinajstić information content (AvgIpc) is 2.48. The summed E-state index contributed by atoms with van der Waals surface area (Å²) in [7, 11) is 0. The van der Waals surface area contributed by atoms with Crippen molar-refractivity contribution in [3.63, 3.8) is 0 Å². The highest BCUT2D eigenvalue weighted by molar-refractivity contribution is 6.33. The van der Waals surface area contributed by atoms with E-state index < -0.39 is 0 Å². The van der Waals surface area contributed by atoms with Crippen LogP contribution >= 0.6 is 23.2 Å². The van der Waals surface area contributed by atoms with Crippen molar-refractivity contribution in [3.05, 3.63) is 58.1 Å². The minimum atomic E-state index is 0.105. The van der Waals surface area contributed by atoms with E-state index in [0.717, 1.165) is 35.7 Å². The van der Waals surface area contributed by atoms with E-state index in [1.54, 1.807) is 18.6 Å². The van der Waals surface area contributed by atoms with Crippen LogP contribution in [0.15, 0.2) is 36.8 Å². The van der Waals surface area contributed by atoms with E-state index in [0.29, 0.717) is 5.02 Å². The molecule has 0 radical (unpaired) electrons.